The first kappa shape index (κ1) is 16.0. The maximum atomic E-state index is 13.7. The van der Waals surface area contributed by atoms with E-state index in [2.05, 4.69) is 10.9 Å². The normalized spacial score (nSPS) is 11.7. The Hall–Kier alpha value is -2.85. The van der Waals surface area contributed by atoms with Gasteiger partial charge < -0.3 is 4.57 Å². The van der Waals surface area contributed by atoms with E-state index >= 15 is 0 Å². The number of thiazole rings is 1. The minimum absolute atomic E-state index is 0.115. The Morgan fingerprint density at radius 3 is 2.58 bits per heavy atom. The Bertz CT molecular complexity index is 1060. The number of amides is 1. The third kappa shape index (κ3) is 2.96. The molecule has 1 aromatic heterocycles. The Kier molecular flexibility index (Phi) is 4.23. The average Bonchev–Trinajstić information content (AvgIpc) is 2.84. The van der Waals surface area contributed by atoms with Gasteiger partial charge in [0.25, 0.3) is 5.91 Å². The lowest BCUT2D eigenvalue weighted by Crippen LogP contribution is -2.17. The van der Waals surface area contributed by atoms with Crippen LogP contribution >= 0.6 is 11.3 Å². The van der Waals surface area contributed by atoms with Crippen LogP contribution in [0.2, 0.25) is 0 Å². The molecule has 3 aromatic rings. The zero-order chi connectivity index (χ0) is 17.3. The molecule has 3 rings (SSSR count). The second kappa shape index (κ2) is 6.34. The first-order valence-corrected chi connectivity index (χ1v) is 7.57. The molecular weight excluding hydrogens is 337 g/mol. The van der Waals surface area contributed by atoms with Gasteiger partial charge >= 0.3 is 0 Å². The molecule has 0 aliphatic rings. The fourth-order valence-corrected chi connectivity index (χ4v) is 3.24. The Morgan fingerprint density at radius 1 is 1.17 bits per heavy atom. The van der Waals surface area contributed by atoms with Crippen molar-refractivity contribution in [1.29, 1.82) is 0 Å². The summed E-state index contributed by atoms with van der Waals surface area (Å²) in [5.74, 6) is -0.660. The molecule has 3 nitrogen and oxygen atoms in total. The fraction of sp³-hybridized carbons (Fsp3) is 0.0588. The lowest BCUT2D eigenvalue weighted by atomic mass is 10.2. The second-order valence-electron chi connectivity index (χ2n) is 4.83. The van der Waals surface area contributed by atoms with Gasteiger partial charge in [-0.3, -0.25) is 4.79 Å². The van der Waals surface area contributed by atoms with Gasteiger partial charge in [-0.2, -0.15) is 4.99 Å². The van der Waals surface area contributed by atoms with Crippen molar-refractivity contribution in [3.05, 3.63) is 64.2 Å². The van der Waals surface area contributed by atoms with Crippen molar-refractivity contribution in [1.82, 2.24) is 4.57 Å². The van der Waals surface area contributed by atoms with Gasteiger partial charge in [-0.05, 0) is 30.3 Å². The predicted octanol–water partition coefficient (Wildman–Crippen LogP) is 3.49. The minimum Gasteiger partial charge on any atom is -0.305 e. The second-order valence-corrected chi connectivity index (χ2v) is 5.84. The van der Waals surface area contributed by atoms with Crippen molar-refractivity contribution in [2.75, 3.05) is 0 Å². The number of halogens is 3. The van der Waals surface area contributed by atoms with E-state index in [9.17, 15) is 18.0 Å². The molecule has 0 N–H and O–H groups in total. The molecule has 0 spiro atoms. The van der Waals surface area contributed by atoms with Crippen LogP contribution in [0.25, 0.3) is 10.2 Å². The Balaban J connectivity index is 2.17. The number of fused-ring (bicyclic) bond motifs is 1. The summed E-state index contributed by atoms with van der Waals surface area (Å²) >= 11 is 1.05. The molecule has 0 aliphatic carbocycles. The molecule has 24 heavy (non-hydrogen) atoms. The summed E-state index contributed by atoms with van der Waals surface area (Å²) < 4.78 is 42.1. The Labute approximate surface area is 138 Å². The summed E-state index contributed by atoms with van der Waals surface area (Å²) in [4.78, 5) is 16.3. The average molecular weight is 346 g/mol. The van der Waals surface area contributed by atoms with E-state index in [0.717, 1.165) is 23.5 Å². The molecule has 0 bridgehead atoms. The highest BCUT2D eigenvalue weighted by atomic mass is 32.1. The molecule has 0 radical (unpaired) electrons. The molecule has 0 saturated heterocycles. The first-order chi connectivity index (χ1) is 11.5. The van der Waals surface area contributed by atoms with Gasteiger partial charge in [-0.25, -0.2) is 13.2 Å². The van der Waals surface area contributed by atoms with Crippen LogP contribution in [0.4, 0.5) is 13.2 Å². The summed E-state index contributed by atoms with van der Waals surface area (Å²) in [7, 11) is 0. The standard InChI is InChI=1S/C17H9F3N2OS/c1-2-7-22-14-6-4-11(19)9-15(14)24-17(22)21-16(23)12-5-3-10(18)8-13(12)20/h1,3-6,8-9H,7H2. The number of nitrogens with zero attached hydrogens (tertiary/aromatic N) is 2. The van der Waals surface area contributed by atoms with Crippen LogP contribution in [-0.4, -0.2) is 10.5 Å². The fourth-order valence-electron chi connectivity index (χ4n) is 2.19. The number of hydrogen-bond donors (Lipinski definition) is 0. The topological polar surface area (TPSA) is 34.4 Å². The van der Waals surface area contributed by atoms with E-state index in [1.165, 1.54) is 18.2 Å². The summed E-state index contributed by atoms with van der Waals surface area (Å²) in [6.45, 7) is 0.115. The van der Waals surface area contributed by atoms with Crippen LogP contribution in [0.3, 0.4) is 0 Å². The van der Waals surface area contributed by atoms with Gasteiger partial charge in [0.2, 0.25) is 0 Å². The highest BCUT2D eigenvalue weighted by Crippen LogP contribution is 2.19. The van der Waals surface area contributed by atoms with Crippen molar-refractivity contribution in [2.24, 2.45) is 4.99 Å². The molecular formula is C17H9F3N2OS. The number of benzene rings is 2. The maximum Gasteiger partial charge on any atom is 0.282 e. The van der Waals surface area contributed by atoms with E-state index in [1.54, 1.807) is 4.57 Å². The summed E-state index contributed by atoms with van der Waals surface area (Å²) in [6.07, 6.45) is 5.32. The number of aromatic nitrogens is 1. The molecule has 120 valence electrons. The van der Waals surface area contributed by atoms with Gasteiger partial charge in [0, 0.05) is 6.07 Å². The highest BCUT2D eigenvalue weighted by Gasteiger charge is 2.13. The van der Waals surface area contributed by atoms with Crippen LogP contribution in [-0.2, 0) is 6.54 Å². The zero-order valence-corrected chi connectivity index (χ0v) is 12.9. The van der Waals surface area contributed by atoms with Crippen LogP contribution in [0.1, 0.15) is 10.4 Å². The van der Waals surface area contributed by atoms with Crippen LogP contribution in [0.15, 0.2) is 41.4 Å². The lowest BCUT2D eigenvalue weighted by Gasteiger charge is -2.00. The molecule has 7 heteroatoms. The molecule has 1 heterocycles. The molecule has 0 atom stereocenters. The van der Waals surface area contributed by atoms with Gasteiger partial charge in [-0.15, -0.1) is 6.42 Å². The Morgan fingerprint density at radius 2 is 1.88 bits per heavy atom. The minimum atomic E-state index is -1.00. The van der Waals surface area contributed by atoms with Crippen molar-refractivity contribution in [2.45, 2.75) is 6.54 Å². The number of carbonyl (C=O) groups excluding carboxylic acids is 1. The third-order valence-corrected chi connectivity index (χ3v) is 4.29. The van der Waals surface area contributed by atoms with Crippen molar-refractivity contribution < 1.29 is 18.0 Å². The van der Waals surface area contributed by atoms with E-state index in [0.29, 0.717) is 16.3 Å². The molecule has 2 aromatic carbocycles. The quantitative estimate of drug-likeness (QED) is 0.654. The van der Waals surface area contributed by atoms with Crippen LogP contribution in [0.5, 0.6) is 0 Å². The van der Waals surface area contributed by atoms with Crippen molar-refractivity contribution in [3.63, 3.8) is 0 Å². The number of terminal acetylenes is 1. The predicted molar refractivity (Wildman–Crippen MR) is 84.9 cm³/mol. The zero-order valence-electron chi connectivity index (χ0n) is 12.1. The van der Waals surface area contributed by atoms with Gasteiger partial charge in [0.1, 0.15) is 17.5 Å². The smallest absolute Gasteiger partial charge is 0.282 e. The van der Waals surface area contributed by atoms with Gasteiger partial charge in [0.15, 0.2) is 4.80 Å². The highest BCUT2D eigenvalue weighted by molar-refractivity contribution is 7.16. The van der Waals surface area contributed by atoms with E-state index in [1.807, 2.05) is 0 Å². The third-order valence-electron chi connectivity index (χ3n) is 3.25. The molecule has 0 unspecified atom stereocenters. The molecule has 0 aliphatic heterocycles. The maximum absolute atomic E-state index is 13.7. The monoisotopic (exact) mass is 346 g/mol. The number of carbonyl (C=O) groups is 1. The van der Waals surface area contributed by atoms with Crippen LogP contribution < -0.4 is 4.80 Å². The summed E-state index contributed by atoms with van der Waals surface area (Å²) in [5.41, 5.74) is 0.262. The number of rotatable bonds is 2. The summed E-state index contributed by atoms with van der Waals surface area (Å²) in [6, 6.07) is 6.71. The summed E-state index contributed by atoms with van der Waals surface area (Å²) in [5, 5.41) is 0. The van der Waals surface area contributed by atoms with E-state index in [-0.39, 0.29) is 16.9 Å². The largest absolute Gasteiger partial charge is 0.305 e. The molecule has 0 saturated carbocycles. The van der Waals surface area contributed by atoms with E-state index in [4.69, 9.17) is 6.42 Å². The van der Waals surface area contributed by atoms with E-state index < -0.39 is 23.4 Å². The van der Waals surface area contributed by atoms with Crippen LogP contribution in [0, 0.1) is 29.8 Å². The number of hydrogen-bond acceptors (Lipinski definition) is 2. The lowest BCUT2D eigenvalue weighted by molar-refractivity contribution is 0.0994. The first-order valence-electron chi connectivity index (χ1n) is 6.76. The van der Waals surface area contributed by atoms with Crippen molar-refractivity contribution >= 4 is 27.5 Å². The van der Waals surface area contributed by atoms with Gasteiger partial charge in [0.05, 0.1) is 22.3 Å². The molecule has 0 fully saturated rings. The van der Waals surface area contributed by atoms with Gasteiger partial charge in [-0.1, -0.05) is 17.3 Å². The SMILES string of the molecule is C#CCn1c(=NC(=O)c2ccc(F)cc2F)sc2cc(F)ccc21. The van der Waals surface area contributed by atoms with Crippen molar-refractivity contribution in [3.8, 4) is 12.3 Å². The molecule has 1 amide bonds.